The Morgan fingerprint density at radius 1 is 1.44 bits per heavy atom. The molecule has 1 amide bonds. The lowest BCUT2D eigenvalue weighted by Gasteiger charge is -2.35. The molecule has 6 nitrogen and oxygen atoms in total. The van der Waals surface area contributed by atoms with Gasteiger partial charge in [-0.2, -0.15) is 0 Å². The maximum atomic E-state index is 13.0. The number of hydrogen-bond donors (Lipinski definition) is 1. The van der Waals surface area contributed by atoms with Crippen LogP contribution < -0.4 is 5.32 Å². The first kappa shape index (κ1) is 16.7. The molecule has 1 unspecified atom stereocenters. The summed E-state index contributed by atoms with van der Waals surface area (Å²) in [6.07, 6.45) is 5.58. The molecule has 1 fully saturated rings. The Hall–Kier alpha value is -1.73. The van der Waals surface area contributed by atoms with E-state index in [1.807, 2.05) is 13.0 Å². The number of nitrogens with one attached hydrogen (secondary N) is 1. The van der Waals surface area contributed by atoms with Crippen molar-refractivity contribution < 1.29 is 9.53 Å². The molecule has 3 heterocycles. The van der Waals surface area contributed by atoms with Gasteiger partial charge in [0.2, 0.25) is 5.91 Å². The van der Waals surface area contributed by atoms with Crippen molar-refractivity contribution in [2.45, 2.75) is 57.1 Å². The zero-order valence-corrected chi connectivity index (χ0v) is 15.3. The summed E-state index contributed by atoms with van der Waals surface area (Å²) >= 11 is 1.72. The van der Waals surface area contributed by atoms with Gasteiger partial charge in [0.05, 0.1) is 6.61 Å². The second-order valence-electron chi connectivity index (χ2n) is 7.14. The van der Waals surface area contributed by atoms with Crippen molar-refractivity contribution in [1.82, 2.24) is 20.1 Å². The lowest BCUT2D eigenvalue weighted by Crippen LogP contribution is -2.53. The van der Waals surface area contributed by atoms with Crippen molar-refractivity contribution in [3.8, 4) is 0 Å². The molecule has 134 valence electrons. The van der Waals surface area contributed by atoms with Crippen LogP contribution in [-0.4, -0.2) is 33.8 Å². The molecule has 0 saturated heterocycles. The van der Waals surface area contributed by atoms with Gasteiger partial charge >= 0.3 is 0 Å². The molecule has 0 radical (unpaired) electrons. The van der Waals surface area contributed by atoms with Crippen molar-refractivity contribution in [2.75, 3.05) is 13.2 Å². The maximum absolute atomic E-state index is 13.0. The van der Waals surface area contributed by atoms with Crippen LogP contribution in [0.15, 0.2) is 17.5 Å². The first-order valence-corrected chi connectivity index (χ1v) is 9.89. The molecule has 1 aliphatic heterocycles. The van der Waals surface area contributed by atoms with E-state index in [-0.39, 0.29) is 5.91 Å². The Balaban J connectivity index is 1.53. The summed E-state index contributed by atoms with van der Waals surface area (Å²) in [6, 6.07) is 4.13. The normalized spacial score (nSPS) is 23.6. The van der Waals surface area contributed by atoms with Crippen molar-refractivity contribution in [1.29, 1.82) is 0 Å². The van der Waals surface area contributed by atoms with Crippen LogP contribution >= 0.6 is 11.3 Å². The number of carbonyl (C=O) groups is 1. The predicted molar refractivity (Wildman–Crippen MR) is 95.6 cm³/mol. The van der Waals surface area contributed by atoms with E-state index in [1.165, 1.54) is 17.7 Å². The lowest BCUT2D eigenvalue weighted by atomic mass is 9.97. The third-order valence-corrected chi connectivity index (χ3v) is 6.25. The Labute approximate surface area is 151 Å². The maximum Gasteiger partial charge on any atom is 0.248 e. The molecule has 1 aliphatic carbocycles. The highest BCUT2D eigenvalue weighted by atomic mass is 32.1. The second kappa shape index (κ2) is 6.88. The summed E-state index contributed by atoms with van der Waals surface area (Å²) in [5, 5.41) is 13.9. The smallest absolute Gasteiger partial charge is 0.248 e. The molecule has 2 aromatic heterocycles. The van der Waals surface area contributed by atoms with Crippen LogP contribution in [-0.2, 0) is 28.1 Å². The fourth-order valence-electron chi connectivity index (χ4n) is 3.93. The molecule has 1 atom stereocenters. The Kier molecular flexibility index (Phi) is 4.60. The third kappa shape index (κ3) is 3.11. The molecule has 4 rings (SSSR count). The summed E-state index contributed by atoms with van der Waals surface area (Å²) in [5.41, 5.74) is -0.773. The van der Waals surface area contributed by atoms with Crippen LogP contribution in [0, 0.1) is 0 Å². The van der Waals surface area contributed by atoms with E-state index in [0.717, 1.165) is 30.9 Å². The first-order valence-electron chi connectivity index (χ1n) is 9.01. The molecule has 0 aromatic carbocycles. The largest absolute Gasteiger partial charge is 0.370 e. The fraction of sp³-hybridized carbons (Fsp3) is 0.611. The van der Waals surface area contributed by atoms with Crippen LogP contribution in [0.3, 0.4) is 0 Å². The van der Waals surface area contributed by atoms with Crippen molar-refractivity contribution in [3.63, 3.8) is 0 Å². The molecule has 1 N–H and O–H groups in total. The van der Waals surface area contributed by atoms with Gasteiger partial charge in [0.15, 0.2) is 5.82 Å². The Bertz CT molecular complexity index is 736. The molecule has 25 heavy (non-hydrogen) atoms. The van der Waals surface area contributed by atoms with Gasteiger partial charge < -0.3 is 10.1 Å². The molecule has 0 bridgehead atoms. The van der Waals surface area contributed by atoms with Gasteiger partial charge in [-0.25, -0.2) is 0 Å². The number of ether oxygens (including phenoxy) is 1. The topological polar surface area (TPSA) is 69.0 Å². The number of amides is 1. The second-order valence-corrected chi connectivity index (χ2v) is 8.18. The van der Waals surface area contributed by atoms with Gasteiger partial charge in [-0.05, 0) is 37.6 Å². The lowest BCUT2D eigenvalue weighted by molar-refractivity contribution is -0.135. The quantitative estimate of drug-likeness (QED) is 0.890. The van der Waals surface area contributed by atoms with E-state index in [1.54, 1.807) is 11.3 Å². The number of hydrogen-bond acceptors (Lipinski definition) is 5. The van der Waals surface area contributed by atoms with E-state index >= 15 is 0 Å². The minimum atomic E-state index is -0.773. The number of fused-ring (bicyclic) bond motifs is 1. The summed E-state index contributed by atoms with van der Waals surface area (Å²) < 4.78 is 7.74. The number of aromatic nitrogens is 3. The number of rotatable bonds is 5. The number of nitrogens with zero attached hydrogens (tertiary/aromatic N) is 3. The van der Waals surface area contributed by atoms with Gasteiger partial charge in [-0.1, -0.05) is 18.9 Å². The van der Waals surface area contributed by atoms with Gasteiger partial charge in [0, 0.05) is 17.3 Å². The first-order chi connectivity index (χ1) is 12.2. The highest BCUT2D eigenvalue weighted by Gasteiger charge is 2.43. The van der Waals surface area contributed by atoms with E-state index in [2.05, 4.69) is 31.5 Å². The van der Waals surface area contributed by atoms with Gasteiger partial charge in [-0.15, -0.1) is 21.5 Å². The molecule has 2 aromatic rings. The van der Waals surface area contributed by atoms with Crippen molar-refractivity contribution in [3.05, 3.63) is 34.0 Å². The third-order valence-electron chi connectivity index (χ3n) is 5.31. The summed E-state index contributed by atoms with van der Waals surface area (Å²) in [5.74, 6) is 2.14. The van der Waals surface area contributed by atoms with E-state index in [0.29, 0.717) is 25.7 Å². The van der Waals surface area contributed by atoms with Crippen molar-refractivity contribution in [2.24, 2.45) is 0 Å². The minimum Gasteiger partial charge on any atom is -0.370 e. The SMILES string of the molecule is CC1(C(=O)NCCc2cccs2)COCc2nnc(C3CCCC3)n21. The van der Waals surface area contributed by atoms with Gasteiger partial charge in [0.1, 0.15) is 18.0 Å². The van der Waals surface area contributed by atoms with Gasteiger partial charge in [0.25, 0.3) is 0 Å². The average Bonchev–Trinajstić information content (AvgIpc) is 3.36. The summed E-state index contributed by atoms with van der Waals surface area (Å²) in [7, 11) is 0. The number of carbonyl (C=O) groups excluding carboxylic acids is 1. The summed E-state index contributed by atoms with van der Waals surface area (Å²) in [6.45, 7) is 3.36. The van der Waals surface area contributed by atoms with Crippen LogP contribution in [0.2, 0.25) is 0 Å². The Morgan fingerprint density at radius 2 is 2.28 bits per heavy atom. The monoisotopic (exact) mass is 360 g/mol. The van der Waals surface area contributed by atoms with E-state index < -0.39 is 5.54 Å². The molecule has 7 heteroatoms. The van der Waals surface area contributed by atoms with Crippen LogP contribution in [0.25, 0.3) is 0 Å². The molecular formula is C18H24N4O2S. The van der Waals surface area contributed by atoms with Crippen LogP contribution in [0.1, 0.15) is 55.1 Å². The van der Waals surface area contributed by atoms with Gasteiger partial charge in [-0.3, -0.25) is 9.36 Å². The zero-order chi connectivity index (χ0) is 17.3. The Morgan fingerprint density at radius 3 is 3.04 bits per heavy atom. The zero-order valence-electron chi connectivity index (χ0n) is 14.5. The molecule has 0 spiro atoms. The summed E-state index contributed by atoms with van der Waals surface area (Å²) in [4.78, 5) is 14.3. The van der Waals surface area contributed by atoms with Crippen LogP contribution in [0.4, 0.5) is 0 Å². The van der Waals surface area contributed by atoms with Crippen molar-refractivity contribution >= 4 is 17.2 Å². The fourth-order valence-corrected chi connectivity index (χ4v) is 4.64. The molecule has 2 aliphatic rings. The highest BCUT2D eigenvalue weighted by molar-refractivity contribution is 7.09. The molecular weight excluding hydrogens is 336 g/mol. The minimum absolute atomic E-state index is 0.0101. The number of thiophene rings is 1. The highest BCUT2D eigenvalue weighted by Crippen LogP contribution is 2.37. The van der Waals surface area contributed by atoms with E-state index in [4.69, 9.17) is 4.74 Å². The average molecular weight is 360 g/mol. The van der Waals surface area contributed by atoms with Crippen LogP contribution in [0.5, 0.6) is 0 Å². The molecule has 1 saturated carbocycles. The van der Waals surface area contributed by atoms with E-state index in [9.17, 15) is 4.79 Å². The standard InChI is InChI=1S/C18H24N4O2S/c1-18(17(23)19-9-8-14-7-4-10-25-14)12-24-11-15-20-21-16(22(15)18)13-5-2-3-6-13/h4,7,10,13H,2-3,5-6,8-9,11-12H2,1H3,(H,19,23). The predicted octanol–water partition coefficient (Wildman–Crippen LogP) is 2.60.